The summed E-state index contributed by atoms with van der Waals surface area (Å²) in [5, 5.41) is 12.0. The van der Waals surface area contributed by atoms with Gasteiger partial charge in [-0.05, 0) is 44.9 Å². The van der Waals surface area contributed by atoms with Gasteiger partial charge in [0.05, 0.1) is 17.0 Å². The molecule has 0 atom stereocenters. The Morgan fingerprint density at radius 2 is 1.90 bits per heavy atom. The second-order valence-corrected chi connectivity index (χ2v) is 5.83. The number of nitrogens with one attached hydrogen (secondary N) is 1. The molecule has 0 spiro atoms. The van der Waals surface area contributed by atoms with Crippen LogP contribution in [0.3, 0.4) is 0 Å². The standard InChI is InChI=1S/C16H21F3N2/c1-15(2,12-20)8-3-4-9-21-11-13-6-5-7-14(10-13)16(17,18)19/h5-7,10,21H,3-4,8-9,11H2,1-2H3. The van der Waals surface area contributed by atoms with Crippen molar-refractivity contribution in [3.05, 3.63) is 35.4 Å². The van der Waals surface area contributed by atoms with Crippen LogP contribution in [-0.2, 0) is 12.7 Å². The van der Waals surface area contributed by atoms with Gasteiger partial charge in [-0.15, -0.1) is 0 Å². The molecule has 1 aromatic carbocycles. The van der Waals surface area contributed by atoms with Gasteiger partial charge in [0, 0.05) is 6.54 Å². The van der Waals surface area contributed by atoms with Gasteiger partial charge in [-0.3, -0.25) is 0 Å². The zero-order chi connectivity index (χ0) is 15.9. The fourth-order valence-corrected chi connectivity index (χ4v) is 1.96. The second kappa shape index (κ2) is 7.46. The van der Waals surface area contributed by atoms with Crippen molar-refractivity contribution in [2.24, 2.45) is 5.41 Å². The van der Waals surface area contributed by atoms with Crippen molar-refractivity contribution in [2.75, 3.05) is 6.54 Å². The van der Waals surface area contributed by atoms with E-state index < -0.39 is 11.7 Å². The first-order chi connectivity index (χ1) is 9.74. The van der Waals surface area contributed by atoms with Gasteiger partial charge in [0.2, 0.25) is 0 Å². The van der Waals surface area contributed by atoms with Gasteiger partial charge in [0.25, 0.3) is 0 Å². The molecule has 1 aromatic rings. The molecule has 0 fully saturated rings. The lowest BCUT2D eigenvalue weighted by Crippen LogP contribution is -2.16. The summed E-state index contributed by atoms with van der Waals surface area (Å²) in [6, 6.07) is 7.61. The zero-order valence-electron chi connectivity index (χ0n) is 12.4. The molecule has 0 aliphatic rings. The number of nitriles is 1. The Kier molecular flexibility index (Phi) is 6.22. The smallest absolute Gasteiger partial charge is 0.313 e. The van der Waals surface area contributed by atoms with Gasteiger partial charge >= 0.3 is 6.18 Å². The normalized spacial score (nSPS) is 12.2. The predicted molar refractivity (Wildman–Crippen MR) is 76.4 cm³/mol. The van der Waals surface area contributed by atoms with Crippen LogP contribution in [-0.4, -0.2) is 6.54 Å². The Morgan fingerprint density at radius 3 is 2.52 bits per heavy atom. The zero-order valence-corrected chi connectivity index (χ0v) is 12.4. The molecule has 0 aliphatic carbocycles. The number of alkyl halides is 3. The monoisotopic (exact) mass is 298 g/mol. The minimum absolute atomic E-state index is 0.305. The summed E-state index contributed by atoms with van der Waals surface area (Å²) >= 11 is 0. The number of hydrogen-bond acceptors (Lipinski definition) is 2. The highest BCUT2D eigenvalue weighted by molar-refractivity contribution is 5.25. The van der Waals surface area contributed by atoms with Crippen molar-refractivity contribution < 1.29 is 13.2 Å². The molecule has 0 amide bonds. The van der Waals surface area contributed by atoms with Crippen molar-refractivity contribution >= 4 is 0 Å². The number of unbranched alkanes of at least 4 members (excludes halogenated alkanes) is 1. The van der Waals surface area contributed by atoms with Crippen LogP contribution >= 0.6 is 0 Å². The number of benzene rings is 1. The van der Waals surface area contributed by atoms with Gasteiger partial charge in [-0.1, -0.05) is 24.6 Å². The van der Waals surface area contributed by atoms with E-state index in [1.165, 1.54) is 12.1 Å². The van der Waals surface area contributed by atoms with E-state index in [0.29, 0.717) is 12.1 Å². The molecule has 0 bridgehead atoms. The minimum atomic E-state index is -4.29. The Balaban J connectivity index is 2.29. The maximum Gasteiger partial charge on any atom is 0.416 e. The molecule has 0 saturated heterocycles. The lowest BCUT2D eigenvalue weighted by atomic mass is 9.89. The van der Waals surface area contributed by atoms with E-state index in [1.807, 2.05) is 13.8 Å². The van der Waals surface area contributed by atoms with Crippen LogP contribution in [0.2, 0.25) is 0 Å². The Morgan fingerprint density at radius 1 is 1.19 bits per heavy atom. The van der Waals surface area contributed by atoms with Crippen molar-refractivity contribution in [1.29, 1.82) is 5.26 Å². The highest BCUT2D eigenvalue weighted by Crippen LogP contribution is 2.29. The molecule has 0 aliphatic heterocycles. The maximum atomic E-state index is 12.6. The van der Waals surface area contributed by atoms with Gasteiger partial charge in [-0.2, -0.15) is 18.4 Å². The van der Waals surface area contributed by atoms with E-state index in [0.717, 1.165) is 31.9 Å². The first-order valence-corrected chi connectivity index (χ1v) is 7.03. The first-order valence-electron chi connectivity index (χ1n) is 7.03. The van der Waals surface area contributed by atoms with Crippen LogP contribution in [0.25, 0.3) is 0 Å². The van der Waals surface area contributed by atoms with Gasteiger partial charge in [-0.25, -0.2) is 0 Å². The fourth-order valence-electron chi connectivity index (χ4n) is 1.96. The third-order valence-corrected chi connectivity index (χ3v) is 3.29. The molecule has 5 heteroatoms. The molecular weight excluding hydrogens is 277 g/mol. The Labute approximate surface area is 124 Å². The van der Waals surface area contributed by atoms with Gasteiger partial charge in [0.1, 0.15) is 0 Å². The van der Waals surface area contributed by atoms with Crippen LogP contribution in [0.4, 0.5) is 13.2 Å². The molecule has 1 N–H and O–H groups in total. The van der Waals surface area contributed by atoms with E-state index in [1.54, 1.807) is 6.07 Å². The summed E-state index contributed by atoms with van der Waals surface area (Å²) in [7, 11) is 0. The Hall–Kier alpha value is -1.54. The first kappa shape index (κ1) is 17.5. The van der Waals surface area contributed by atoms with Crippen molar-refractivity contribution in [2.45, 2.75) is 45.8 Å². The summed E-state index contributed by atoms with van der Waals surface area (Å²) in [4.78, 5) is 0. The van der Waals surface area contributed by atoms with Crippen LogP contribution in [0.5, 0.6) is 0 Å². The van der Waals surface area contributed by atoms with Gasteiger partial charge in [0.15, 0.2) is 0 Å². The maximum absolute atomic E-state index is 12.6. The van der Waals surface area contributed by atoms with Crippen LogP contribution in [0.1, 0.15) is 44.2 Å². The predicted octanol–water partition coefficient (Wildman–Crippen LogP) is 4.52. The SMILES string of the molecule is CC(C)(C#N)CCCCNCc1cccc(C(F)(F)F)c1. The third-order valence-electron chi connectivity index (χ3n) is 3.29. The van der Waals surface area contributed by atoms with Crippen LogP contribution in [0, 0.1) is 16.7 Å². The number of halogens is 3. The molecule has 0 radical (unpaired) electrons. The average Bonchev–Trinajstić information content (AvgIpc) is 2.42. The molecule has 116 valence electrons. The number of rotatable bonds is 7. The lowest BCUT2D eigenvalue weighted by molar-refractivity contribution is -0.137. The topological polar surface area (TPSA) is 35.8 Å². The molecule has 2 nitrogen and oxygen atoms in total. The third kappa shape index (κ3) is 6.63. The van der Waals surface area contributed by atoms with Crippen molar-refractivity contribution in [1.82, 2.24) is 5.32 Å². The highest BCUT2D eigenvalue weighted by atomic mass is 19.4. The van der Waals surface area contributed by atoms with Crippen molar-refractivity contribution in [3.8, 4) is 6.07 Å². The number of nitrogens with zero attached hydrogens (tertiary/aromatic N) is 1. The highest BCUT2D eigenvalue weighted by Gasteiger charge is 2.30. The molecule has 0 saturated carbocycles. The van der Waals surface area contributed by atoms with E-state index in [9.17, 15) is 13.2 Å². The quantitative estimate of drug-likeness (QED) is 0.751. The molecule has 0 aromatic heterocycles. The van der Waals surface area contributed by atoms with Crippen LogP contribution in [0.15, 0.2) is 24.3 Å². The largest absolute Gasteiger partial charge is 0.416 e. The molecule has 21 heavy (non-hydrogen) atoms. The summed E-state index contributed by atoms with van der Waals surface area (Å²) in [6.07, 6.45) is -1.63. The molecule has 0 unspecified atom stereocenters. The summed E-state index contributed by atoms with van der Waals surface area (Å²) in [6.45, 7) is 4.97. The number of hydrogen-bond donors (Lipinski definition) is 1. The van der Waals surface area contributed by atoms with E-state index in [4.69, 9.17) is 5.26 Å². The molecular formula is C16H21F3N2. The summed E-state index contributed by atoms with van der Waals surface area (Å²) in [5.41, 5.74) is -0.291. The van der Waals surface area contributed by atoms with Crippen molar-refractivity contribution in [3.63, 3.8) is 0 Å². The lowest BCUT2D eigenvalue weighted by Gasteiger charge is -2.14. The van der Waals surface area contributed by atoms with E-state index in [2.05, 4.69) is 11.4 Å². The second-order valence-electron chi connectivity index (χ2n) is 5.83. The Bertz CT molecular complexity index is 487. The minimum Gasteiger partial charge on any atom is -0.313 e. The van der Waals surface area contributed by atoms with E-state index in [-0.39, 0.29) is 5.41 Å². The summed E-state index contributed by atoms with van der Waals surface area (Å²) in [5.74, 6) is 0. The molecule has 0 heterocycles. The fraction of sp³-hybridized carbons (Fsp3) is 0.562. The molecule has 1 rings (SSSR count). The van der Waals surface area contributed by atoms with Crippen LogP contribution < -0.4 is 5.32 Å². The summed E-state index contributed by atoms with van der Waals surface area (Å²) < 4.78 is 37.7. The van der Waals surface area contributed by atoms with E-state index >= 15 is 0 Å². The average molecular weight is 298 g/mol. The van der Waals surface area contributed by atoms with Gasteiger partial charge < -0.3 is 5.32 Å².